The second kappa shape index (κ2) is 8.03. The predicted octanol–water partition coefficient (Wildman–Crippen LogP) is 1.81. The van der Waals surface area contributed by atoms with Crippen molar-refractivity contribution in [3.63, 3.8) is 0 Å². The molecule has 128 valence electrons. The molecule has 24 heavy (non-hydrogen) atoms. The lowest BCUT2D eigenvalue weighted by Crippen LogP contribution is -2.43. The highest BCUT2D eigenvalue weighted by Crippen LogP contribution is 2.30. The lowest BCUT2D eigenvalue weighted by Gasteiger charge is -2.19. The maximum atomic E-state index is 12.6. The van der Waals surface area contributed by atoms with Gasteiger partial charge in [-0.1, -0.05) is 12.6 Å². The van der Waals surface area contributed by atoms with Crippen LogP contribution in [0.2, 0.25) is 0 Å². The van der Waals surface area contributed by atoms with Gasteiger partial charge in [-0.2, -0.15) is 13.2 Å². The minimum atomic E-state index is -4.40. The van der Waals surface area contributed by atoms with Crippen molar-refractivity contribution in [1.29, 1.82) is 0 Å². The second-order valence-electron chi connectivity index (χ2n) is 5.42. The average Bonchev–Trinajstić information content (AvgIpc) is 2.46. The standard InChI is InChI=1S/C16H18BF3N2O2/c1-4-15(24)22(3)9-14(23)21-13(17)8-11-5-6-12(7-10(11)2)16(18,19)20/h4-7,13H,1,8-9H2,2-3H3,(H,21,23)/t13-/m0/s1. The van der Waals surface area contributed by atoms with Crippen molar-refractivity contribution < 1.29 is 22.8 Å². The molecule has 2 amide bonds. The van der Waals surface area contributed by atoms with E-state index in [1.807, 2.05) is 0 Å². The lowest BCUT2D eigenvalue weighted by atomic mass is 9.87. The SMILES string of the molecule is [B][C@H](Cc1ccc(C(F)(F)F)cc1C)NC(=O)CN(C)C(=O)C=C. The Balaban J connectivity index is 2.65. The van der Waals surface area contributed by atoms with Crippen molar-refractivity contribution in [2.75, 3.05) is 13.6 Å². The molecule has 2 radical (unpaired) electrons. The molecule has 0 saturated heterocycles. The number of nitrogens with one attached hydrogen (secondary N) is 1. The maximum absolute atomic E-state index is 12.6. The minimum absolute atomic E-state index is 0.175. The molecule has 1 aromatic rings. The van der Waals surface area contributed by atoms with Gasteiger partial charge in [0, 0.05) is 7.05 Å². The number of likely N-dealkylation sites (N-methyl/N-ethyl adjacent to an activating group) is 1. The zero-order chi connectivity index (χ0) is 18.5. The summed E-state index contributed by atoms with van der Waals surface area (Å²) in [7, 11) is 7.25. The zero-order valence-corrected chi connectivity index (χ0v) is 13.5. The van der Waals surface area contributed by atoms with Gasteiger partial charge in [-0.25, -0.2) is 0 Å². The third-order valence-electron chi connectivity index (χ3n) is 3.39. The highest BCUT2D eigenvalue weighted by atomic mass is 19.4. The highest BCUT2D eigenvalue weighted by molar-refractivity contribution is 6.13. The van der Waals surface area contributed by atoms with Gasteiger partial charge in [0.1, 0.15) is 0 Å². The number of aryl methyl sites for hydroxylation is 1. The van der Waals surface area contributed by atoms with Crippen molar-refractivity contribution in [2.45, 2.75) is 25.5 Å². The number of hydrogen-bond acceptors (Lipinski definition) is 2. The number of alkyl halides is 3. The van der Waals surface area contributed by atoms with Crippen molar-refractivity contribution in [3.8, 4) is 0 Å². The van der Waals surface area contributed by atoms with E-state index in [2.05, 4.69) is 11.9 Å². The van der Waals surface area contributed by atoms with Gasteiger partial charge in [0.25, 0.3) is 0 Å². The Hall–Kier alpha value is -2.25. The Labute approximate surface area is 140 Å². The molecule has 1 atom stereocenters. The zero-order valence-electron chi connectivity index (χ0n) is 13.5. The molecule has 1 rings (SSSR count). The van der Waals surface area contributed by atoms with Crippen molar-refractivity contribution in [3.05, 3.63) is 47.5 Å². The van der Waals surface area contributed by atoms with Gasteiger partial charge in [-0.15, -0.1) is 0 Å². The molecule has 0 unspecified atom stereocenters. The molecule has 0 aliphatic heterocycles. The second-order valence-corrected chi connectivity index (χ2v) is 5.42. The Bertz CT molecular complexity index is 632. The van der Waals surface area contributed by atoms with Crippen LogP contribution in [0.1, 0.15) is 16.7 Å². The number of carbonyl (C=O) groups is 2. The molecule has 0 heterocycles. The molecular formula is C16H18BF3N2O2. The molecule has 1 aromatic carbocycles. The first-order valence-corrected chi connectivity index (χ1v) is 7.13. The van der Waals surface area contributed by atoms with Crippen LogP contribution in [0.5, 0.6) is 0 Å². The van der Waals surface area contributed by atoms with Crippen LogP contribution in [0.15, 0.2) is 30.9 Å². The summed E-state index contributed by atoms with van der Waals surface area (Å²) in [6, 6.07) is 3.37. The van der Waals surface area contributed by atoms with Gasteiger partial charge in [0.15, 0.2) is 0 Å². The molecule has 1 N–H and O–H groups in total. The molecule has 8 heteroatoms. The van der Waals surface area contributed by atoms with Crippen LogP contribution in [0, 0.1) is 6.92 Å². The van der Waals surface area contributed by atoms with Gasteiger partial charge in [-0.3, -0.25) is 9.59 Å². The van der Waals surface area contributed by atoms with Gasteiger partial charge >= 0.3 is 6.18 Å². The fraction of sp³-hybridized carbons (Fsp3) is 0.375. The number of hydrogen-bond donors (Lipinski definition) is 1. The summed E-state index contributed by atoms with van der Waals surface area (Å²) in [5.74, 6) is -1.65. The van der Waals surface area contributed by atoms with Crippen LogP contribution in [0.25, 0.3) is 0 Å². The molecule has 4 nitrogen and oxygen atoms in total. The van der Waals surface area contributed by atoms with Crippen molar-refractivity contribution in [1.82, 2.24) is 10.2 Å². The first-order chi connectivity index (χ1) is 11.0. The number of benzene rings is 1. The summed E-state index contributed by atoms with van der Waals surface area (Å²) in [6.45, 7) is 4.67. The summed E-state index contributed by atoms with van der Waals surface area (Å²) in [5, 5.41) is 2.50. The van der Waals surface area contributed by atoms with Gasteiger partial charge in [0.05, 0.1) is 20.0 Å². The fourth-order valence-corrected chi connectivity index (χ4v) is 2.09. The van der Waals surface area contributed by atoms with E-state index >= 15 is 0 Å². The highest BCUT2D eigenvalue weighted by Gasteiger charge is 2.30. The van der Waals surface area contributed by atoms with Crippen LogP contribution in [0.3, 0.4) is 0 Å². The minimum Gasteiger partial charge on any atom is -0.360 e. The van der Waals surface area contributed by atoms with Gasteiger partial charge in [-0.05, 0) is 48.6 Å². The smallest absolute Gasteiger partial charge is 0.360 e. The number of halogens is 3. The summed E-state index contributed by atoms with van der Waals surface area (Å²) < 4.78 is 37.9. The van der Waals surface area contributed by atoms with E-state index < -0.39 is 29.5 Å². The third kappa shape index (κ3) is 5.75. The van der Waals surface area contributed by atoms with Crippen LogP contribution >= 0.6 is 0 Å². The van der Waals surface area contributed by atoms with Crippen LogP contribution < -0.4 is 5.32 Å². The van der Waals surface area contributed by atoms with Crippen LogP contribution in [-0.4, -0.2) is 44.1 Å². The largest absolute Gasteiger partial charge is 0.416 e. The Kier molecular flexibility index (Phi) is 6.63. The Morgan fingerprint density at radius 2 is 2.04 bits per heavy atom. The molecule has 0 saturated carbocycles. The van der Waals surface area contributed by atoms with E-state index in [-0.39, 0.29) is 13.0 Å². The number of nitrogens with zero attached hydrogens (tertiary/aromatic N) is 1. The monoisotopic (exact) mass is 338 g/mol. The number of rotatable bonds is 6. The van der Waals surface area contributed by atoms with E-state index in [0.29, 0.717) is 11.1 Å². The van der Waals surface area contributed by atoms with Crippen molar-refractivity contribution >= 4 is 19.7 Å². The third-order valence-corrected chi connectivity index (χ3v) is 3.39. The fourth-order valence-electron chi connectivity index (χ4n) is 2.09. The van der Waals surface area contributed by atoms with Gasteiger partial charge in [0.2, 0.25) is 11.8 Å². The Morgan fingerprint density at radius 3 is 2.54 bits per heavy atom. The lowest BCUT2D eigenvalue weighted by molar-refractivity contribution is -0.137. The number of amides is 2. The van der Waals surface area contributed by atoms with E-state index in [1.54, 1.807) is 6.92 Å². The van der Waals surface area contributed by atoms with E-state index in [9.17, 15) is 22.8 Å². The molecular weight excluding hydrogens is 320 g/mol. The summed E-state index contributed by atoms with van der Waals surface area (Å²) in [5.41, 5.74) is 0.311. The molecule has 0 aliphatic rings. The van der Waals surface area contributed by atoms with Crippen LogP contribution in [-0.2, 0) is 22.2 Å². The van der Waals surface area contributed by atoms with Crippen LogP contribution in [0.4, 0.5) is 13.2 Å². The molecule has 0 aliphatic carbocycles. The topological polar surface area (TPSA) is 49.4 Å². The van der Waals surface area contributed by atoms with E-state index in [4.69, 9.17) is 7.85 Å². The first-order valence-electron chi connectivity index (χ1n) is 7.13. The normalized spacial score (nSPS) is 12.4. The summed E-state index contributed by atoms with van der Waals surface area (Å²) >= 11 is 0. The van der Waals surface area contributed by atoms with E-state index in [1.165, 1.54) is 18.0 Å². The van der Waals surface area contributed by atoms with E-state index in [0.717, 1.165) is 18.2 Å². The maximum Gasteiger partial charge on any atom is 0.416 e. The van der Waals surface area contributed by atoms with Crippen molar-refractivity contribution in [2.24, 2.45) is 0 Å². The Morgan fingerprint density at radius 1 is 1.42 bits per heavy atom. The quantitative estimate of drug-likeness (QED) is 0.635. The molecule has 0 fully saturated rings. The summed E-state index contributed by atoms with van der Waals surface area (Å²) in [4.78, 5) is 24.2. The van der Waals surface area contributed by atoms with Gasteiger partial charge < -0.3 is 10.2 Å². The molecule has 0 spiro atoms. The first kappa shape index (κ1) is 19.8. The molecule has 0 bridgehead atoms. The average molecular weight is 338 g/mol. The number of carbonyl (C=O) groups excluding carboxylic acids is 2. The summed E-state index contributed by atoms with van der Waals surface area (Å²) in [6.07, 6.45) is -3.14. The molecule has 0 aromatic heterocycles. The predicted molar refractivity (Wildman–Crippen MR) is 85.4 cm³/mol.